The number of hydrogen-bond donors (Lipinski definition) is 0. The summed E-state index contributed by atoms with van der Waals surface area (Å²) in [6, 6.07) is 7.91. The lowest BCUT2D eigenvalue weighted by molar-refractivity contribution is 0.561. The first-order chi connectivity index (χ1) is 8.11. The summed E-state index contributed by atoms with van der Waals surface area (Å²) < 4.78 is 6.75. The zero-order valence-corrected chi connectivity index (χ0v) is 11.5. The Morgan fingerprint density at radius 1 is 1.29 bits per heavy atom. The van der Waals surface area contributed by atoms with E-state index in [9.17, 15) is 0 Å². The third-order valence-corrected chi connectivity index (χ3v) is 3.03. The number of benzene rings is 1. The maximum atomic E-state index is 5.71. The summed E-state index contributed by atoms with van der Waals surface area (Å²) >= 11 is 3.41. The number of halogens is 1. The molecule has 0 aliphatic carbocycles. The third kappa shape index (κ3) is 2.50. The minimum atomic E-state index is 0.330. The fourth-order valence-electron chi connectivity index (χ4n) is 1.62. The zero-order chi connectivity index (χ0) is 12.4. The van der Waals surface area contributed by atoms with E-state index in [0.29, 0.717) is 11.8 Å². The highest BCUT2D eigenvalue weighted by Crippen LogP contribution is 2.27. The summed E-state index contributed by atoms with van der Waals surface area (Å²) in [5.41, 5.74) is 1.93. The van der Waals surface area contributed by atoms with Gasteiger partial charge in [-0.25, -0.2) is 4.98 Å². The highest BCUT2D eigenvalue weighted by Gasteiger charge is 2.14. The molecule has 1 aromatic carbocycles. The lowest BCUT2D eigenvalue weighted by atomic mass is 10.1. The van der Waals surface area contributed by atoms with Crippen LogP contribution in [0.3, 0.4) is 0 Å². The van der Waals surface area contributed by atoms with Crippen molar-refractivity contribution >= 4 is 22.0 Å². The largest absolute Gasteiger partial charge is 0.436 e. The molecule has 17 heavy (non-hydrogen) atoms. The first kappa shape index (κ1) is 12.1. The lowest BCUT2D eigenvalue weighted by Crippen LogP contribution is -1.89. The maximum Gasteiger partial charge on any atom is 0.226 e. The van der Waals surface area contributed by atoms with E-state index in [-0.39, 0.29) is 0 Å². The minimum Gasteiger partial charge on any atom is -0.436 e. The Morgan fingerprint density at radius 2 is 1.94 bits per heavy atom. The molecular weight excluding hydrogens is 278 g/mol. The molecule has 0 spiro atoms. The quantitative estimate of drug-likeness (QED) is 0.806. The van der Waals surface area contributed by atoms with Crippen molar-refractivity contribution in [1.82, 2.24) is 4.98 Å². The molecule has 1 aromatic heterocycles. The van der Waals surface area contributed by atoms with Crippen LogP contribution in [0.25, 0.3) is 17.5 Å². The van der Waals surface area contributed by atoms with Crippen LogP contribution in [0.15, 0.2) is 39.7 Å². The highest BCUT2D eigenvalue weighted by molar-refractivity contribution is 9.10. The summed E-state index contributed by atoms with van der Waals surface area (Å²) in [7, 11) is 0. The molecule has 0 aliphatic heterocycles. The van der Waals surface area contributed by atoms with Gasteiger partial charge in [0.15, 0.2) is 5.76 Å². The van der Waals surface area contributed by atoms with Crippen molar-refractivity contribution in [3.8, 4) is 11.5 Å². The molecule has 2 rings (SSSR count). The molecule has 0 atom stereocenters. The van der Waals surface area contributed by atoms with E-state index in [0.717, 1.165) is 21.5 Å². The summed E-state index contributed by atoms with van der Waals surface area (Å²) in [5.74, 6) is 1.74. The molecule has 88 valence electrons. The van der Waals surface area contributed by atoms with Gasteiger partial charge < -0.3 is 4.42 Å². The predicted molar refractivity (Wildman–Crippen MR) is 73.8 cm³/mol. The Hall–Kier alpha value is -1.35. The van der Waals surface area contributed by atoms with Gasteiger partial charge in [0.05, 0.1) is 5.69 Å². The molecule has 0 unspecified atom stereocenters. The van der Waals surface area contributed by atoms with Gasteiger partial charge in [0.25, 0.3) is 0 Å². The topological polar surface area (TPSA) is 26.0 Å². The maximum absolute atomic E-state index is 5.71. The van der Waals surface area contributed by atoms with E-state index in [1.54, 1.807) is 6.08 Å². The Bertz CT molecular complexity index is 526. The number of nitrogens with zero attached hydrogens (tertiary/aromatic N) is 1. The first-order valence-electron chi connectivity index (χ1n) is 5.51. The standard InChI is InChI=1S/C14H14BrNO/c1-4-12-13(9(2)3)16-14(17-12)10-5-7-11(15)8-6-10/h4-9H,1H2,2-3H3. The van der Waals surface area contributed by atoms with Crippen molar-refractivity contribution in [2.75, 3.05) is 0 Å². The molecule has 2 aromatic rings. The second kappa shape index (κ2) is 4.88. The first-order valence-corrected chi connectivity index (χ1v) is 6.30. The van der Waals surface area contributed by atoms with Crippen LogP contribution in [0.5, 0.6) is 0 Å². The van der Waals surface area contributed by atoms with Crippen LogP contribution in [0.4, 0.5) is 0 Å². The van der Waals surface area contributed by atoms with Crippen LogP contribution in [-0.2, 0) is 0 Å². The van der Waals surface area contributed by atoms with E-state index < -0.39 is 0 Å². The average Bonchev–Trinajstić information content (AvgIpc) is 2.74. The Labute approximate surface area is 110 Å². The minimum absolute atomic E-state index is 0.330. The summed E-state index contributed by atoms with van der Waals surface area (Å²) in [5, 5.41) is 0. The molecule has 0 fully saturated rings. The molecule has 0 aliphatic rings. The van der Waals surface area contributed by atoms with E-state index >= 15 is 0 Å². The Morgan fingerprint density at radius 3 is 2.41 bits per heavy atom. The Balaban J connectivity index is 2.46. The predicted octanol–water partition coefficient (Wildman–Crippen LogP) is 4.87. The molecular formula is C14H14BrNO. The molecule has 0 saturated heterocycles. The second-order valence-corrected chi connectivity index (χ2v) is 5.05. The molecule has 0 amide bonds. The van der Waals surface area contributed by atoms with Crippen molar-refractivity contribution in [1.29, 1.82) is 0 Å². The van der Waals surface area contributed by atoms with Gasteiger partial charge in [0.2, 0.25) is 5.89 Å². The van der Waals surface area contributed by atoms with Crippen LogP contribution >= 0.6 is 15.9 Å². The molecule has 1 heterocycles. The smallest absolute Gasteiger partial charge is 0.226 e. The van der Waals surface area contributed by atoms with Crippen LogP contribution in [0, 0.1) is 0 Å². The monoisotopic (exact) mass is 291 g/mol. The SMILES string of the molecule is C=Cc1oc(-c2ccc(Br)cc2)nc1C(C)C. The Kier molecular flexibility index (Phi) is 3.48. The fraction of sp³-hybridized carbons (Fsp3) is 0.214. The summed E-state index contributed by atoms with van der Waals surface area (Å²) in [6.07, 6.45) is 1.71. The number of rotatable bonds is 3. The van der Waals surface area contributed by atoms with E-state index in [1.807, 2.05) is 24.3 Å². The van der Waals surface area contributed by atoms with Crippen molar-refractivity contribution in [2.45, 2.75) is 19.8 Å². The van der Waals surface area contributed by atoms with Crippen LogP contribution in [-0.4, -0.2) is 4.98 Å². The number of oxazole rings is 1. The van der Waals surface area contributed by atoms with Gasteiger partial charge >= 0.3 is 0 Å². The van der Waals surface area contributed by atoms with Crippen molar-refractivity contribution in [2.24, 2.45) is 0 Å². The molecule has 3 heteroatoms. The van der Waals surface area contributed by atoms with E-state index in [4.69, 9.17) is 4.42 Å². The summed E-state index contributed by atoms with van der Waals surface area (Å²) in [4.78, 5) is 4.53. The van der Waals surface area contributed by atoms with Gasteiger partial charge in [-0.2, -0.15) is 0 Å². The van der Waals surface area contributed by atoms with Gasteiger partial charge in [-0.3, -0.25) is 0 Å². The van der Waals surface area contributed by atoms with Gasteiger partial charge in [0, 0.05) is 10.0 Å². The number of hydrogen-bond acceptors (Lipinski definition) is 2. The van der Waals surface area contributed by atoms with E-state index in [2.05, 4.69) is 41.3 Å². The second-order valence-electron chi connectivity index (χ2n) is 4.13. The molecule has 0 N–H and O–H groups in total. The molecule has 0 saturated carbocycles. The molecule has 2 nitrogen and oxygen atoms in total. The van der Waals surface area contributed by atoms with Crippen molar-refractivity contribution in [3.63, 3.8) is 0 Å². The average molecular weight is 292 g/mol. The molecule has 0 bridgehead atoms. The van der Waals surface area contributed by atoms with Crippen LogP contribution in [0.2, 0.25) is 0 Å². The van der Waals surface area contributed by atoms with Crippen LogP contribution < -0.4 is 0 Å². The van der Waals surface area contributed by atoms with Crippen LogP contribution in [0.1, 0.15) is 31.2 Å². The van der Waals surface area contributed by atoms with Crippen molar-refractivity contribution in [3.05, 3.63) is 46.8 Å². The third-order valence-electron chi connectivity index (χ3n) is 2.50. The van der Waals surface area contributed by atoms with E-state index in [1.165, 1.54) is 0 Å². The molecule has 0 radical (unpaired) electrons. The lowest BCUT2D eigenvalue weighted by Gasteiger charge is -1.98. The van der Waals surface area contributed by atoms with Crippen molar-refractivity contribution < 1.29 is 4.42 Å². The highest BCUT2D eigenvalue weighted by atomic mass is 79.9. The van der Waals surface area contributed by atoms with Gasteiger partial charge in [-0.15, -0.1) is 0 Å². The number of aromatic nitrogens is 1. The summed E-state index contributed by atoms with van der Waals surface area (Å²) in [6.45, 7) is 7.94. The fourth-order valence-corrected chi connectivity index (χ4v) is 1.88. The normalized spacial score (nSPS) is 10.8. The van der Waals surface area contributed by atoms with Gasteiger partial charge in [-0.1, -0.05) is 36.4 Å². The zero-order valence-electron chi connectivity index (χ0n) is 9.90. The van der Waals surface area contributed by atoms with Gasteiger partial charge in [0.1, 0.15) is 0 Å². The van der Waals surface area contributed by atoms with Gasteiger partial charge in [-0.05, 0) is 36.3 Å².